The zero-order chi connectivity index (χ0) is 21.0. The second-order valence-corrected chi connectivity index (χ2v) is 7.98. The fourth-order valence-corrected chi connectivity index (χ4v) is 3.64. The molecule has 0 radical (unpaired) electrons. The normalized spacial score (nSPS) is 17.9. The van der Waals surface area contributed by atoms with Crippen molar-refractivity contribution in [2.45, 2.75) is 39.5 Å². The fourth-order valence-electron chi connectivity index (χ4n) is 3.64. The molecule has 1 aromatic rings. The number of hydrogen-bond donors (Lipinski definition) is 1. The summed E-state index contributed by atoms with van der Waals surface area (Å²) in [6, 6.07) is 6.80. The van der Waals surface area contributed by atoms with Crippen LogP contribution in [-0.2, 0) is 14.4 Å². The van der Waals surface area contributed by atoms with Gasteiger partial charge in [-0.05, 0) is 43.0 Å². The van der Waals surface area contributed by atoms with Gasteiger partial charge in [0.05, 0.1) is 0 Å². The molecule has 0 unspecified atom stereocenters. The lowest BCUT2D eigenvalue weighted by Crippen LogP contribution is -2.39. The maximum absolute atomic E-state index is 12.3. The Kier molecular flexibility index (Phi) is 6.51. The molecule has 0 aliphatic carbocycles. The van der Waals surface area contributed by atoms with E-state index in [2.05, 4.69) is 10.2 Å². The van der Waals surface area contributed by atoms with Crippen molar-refractivity contribution in [3.8, 4) is 0 Å². The highest BCUT2D eigenvalue weighted by Gasteiger charge is 2.45. The monoisotopic (exact) mass is 400 g/mol. The molecular weight excluding hydrogens is 372 g/mol. The van der Waals surface area contributed by atoms with Gasteiger partial charge < -0.3 is 10.2 Å². The van der Waals surface area contributed by atoms with Crippen LogP contribution in [0, 0.1) is 5.92 Å². The zero-order valence-corrected chi connectivity index (χ0v) is 17.0. The third-order valence-corrected chi connectivity index (χ3v) is 5.11. The van der Waals surface area contributed by atoms with E-state index in [4.69, 9.17) is 0 Å². The fraction of sp³-hybridized carbons (Fsp3) is 0.524. The maximum atomic E-state index is 12.3. The van der Waals surface area contributed by atoms with Crippen LogP contribution in [-0.4, -0.2) is 59.7 Å². The number of carbonyl (C=O) groups excluding carboxylic acids is 4. The molecule has 8 nitrogen and oxygen atoms in total. The SMILES string of the molecule is CC(C)CN1C(=O)C(=O)N(CC(=O)Nc2ccc(N3CCCCCC3)cc2)C1=O. The van der Waals surface area contributed by atoms with Crippen LogP contribution >= 0.6 is 0 Å². The Morgan fingerprint density at radius 3 is 2.10 bits per heavy atom. The summed E-state index contributed by atoms with van der Waals surface area (Å²) in [5.41, 5.74) is 1.70. The van der Waals surface area contributed by atoms with E-state index in [9.17, 15) is 19.2 Å². The highest BCUT2D eigenvalue weighted by Crippen LogP contribution is 2.22. The number of nitrogens with zero attached hydrogens (tertiary/aromatic N) is 3. The Morgan fingerprint density at radius 1 is 0.931 bits per heavy atom. The molecule has 0 atom stereocenters. The molecule has 1 N–H and O–H groups in total. The van der Waals surface area contributed by atoms with E-state index in [1.165, 1.54) is 25.7 Å². The van der Waals surface area contributed by atoms with Crippen LogP contribution in [0.1, 0.15) is 39.5 Å². The molecule has 2 fully saturated rings. The van der Waals surface area contributed by atoms with Crippen molar-refractivity contribution in [2.75, 3.05) is 36.4 Å². The summed E-state index contributed by atoms with van der Waals surface area (Å²) in [6.45, 7) is 5.42. The van der Waals surface area contributed by atoms with Gasteiger partial charge in [-0.3, -0.25) is 19.3 Å². The molecule has 2 aliphatic heterocycles. The molecule has 29 heavy (non-hydrogen) atoms. The van der Waals surface area contributed by atoms with Gasteiger partial charge in [0.1, 0.15) is 6.54 Å². The lowest BCUT2D eigenvalue weighted by atomic mass is 10.2. The molecular formula is C21H28N4O4. The van der Waals surface area contributed by atoms with Crippen molar-refractivity contribution >= 4 is 35.1 Å². The van der Waals surface area contributed by atoms with Gasteiger partial charge in [-0.1, -0.05) is 26.7 Å². The van der Waals surface area contributed by atoms with Crippen LogP contribution in [0.15, 0.2) is 24.3 Å². The third kappa shape index (κ3) is 4.93. The Hall–Kier alpha value is -2.90. The minimum absolute atomic E-state index is 0.0344. The zero-order valence-electron chi connectivity index (χ0n) is 17.0. The Labute approximate surface area is 170 Å². The van der Waals surface area contributed by atoms with Gasteiger partial charge >= 0.3 is 17.8 Å². The van der Waals surface area contributed by atoms with E-state index >= 15 is 0 Å². The predicted molar refractivity (Wildman–Crippen MR) is 109 cm³/mol. The number of urea groups is 1. The summed E-state index contributed by atoms with van der Waals surface area (Å²) in [6.07, 6.45) is 4.89. The predicted octanol–water partition coefficient (Wildman–Crippen LogP) is 2.45. The van der Waals surface area contributed by atoms with Gasteiger partial charge in [0, 0.05) is 31.0 Å². The van der Waals surface area contributed by atoms with Crippen LogP contribution < -0.4 is 10.2 Å². The Morgan fingerprint density at radius 2 is 1.52 bits per heavy atom. The van der Waals surface area contributed by atoms with Gasteiger partial charge in [-0.2, -0.15) is 0 Å². The molecule has 0 saturated carbocycles. The topological polar surface area (TPSA) is 90.0 Å². The molecule has 3 rings (SSSR count). The first kappa shape index (κ1) is 20.8. The summed E-state index contributed by atoms with van der Waals surface area (Å²) in [5, 5.41) is 2.69. The standard InChI is InChI=1S/C21H28N4O4/c1-15(2)13-24-19(27)20(28)25(21(24)29)14-18(26)22-16-7-9-17(10-8-16)23-11-5-3-4-6-12-23/h7-10,15H,3-6,11-14H2,1-2H3,(H,22,26). The largest absolute Gasteiger partial charge is 0.372 e. The molecule has 2 heterocycles. The van der Waals surface area contributed by atoms with E-state index in [1.807, 2.05) is 38.1 Å². The molecule has 0 aromatic heterocycles. The smallest absolute Gasteiger partial charge is 0.334 e. The number of anilines is 2. The van der Waals surface area contributed by atoms with Gasteiger partial charge in [0.2, 0.25) is 5.91 Å². The molecule has 0 spiro atoms. The van der Waals surface area contributed by atoms with E-state index in [0.29, 0.717) is 10.6 Å². The first-order valence-electron chi connectivity index (χ1n) is 10.2. The van der Waals surface area contributed by atoms with Crippen molar-refractivity contribution in [3.05, 3.63) is 24.3 Å². The van der Waals surface area contributed by atoms with Crippen molar-refractivity contribution in [2.24, 2.45) is 5.92 Å². The lowest BCUT2D eigenvalue weighted by molar-refractivity contribution is -0.143. The van der Waals surface area contributed by atoms with E-state index in [-0.39, 0.29) is 12.5 Å². The molecule has 0 bridgehead atoms. The summed E-state index contributed by atoms with van der Waals surface area (Å²) in [4.78, 5) is 52.7. The average molecular weight is 400 g/mol. The summed E-state index contributed by atoms with van der Waals surface area (Å²) < 4.78 is 0. The molecule has 2 saturated heterocycles. The summed E-state index contributed by atoms with van der Waals surface area (Å²) >= 11 is 0. The van der Waals surface area contributed by atoms with Crippen molar-refractivity contribution in [1.82, 2.24) is 9.80 Å². The Bertz CT molecular complexity index is 782. The number of benzene rings is 1. The van der Waals surface area contributed by atoms with E-state index in [1.54, 1.807) is 0 Å². The molecule has 5 amide bonds. The average Bonchev–Trinajstić information content (AvgIpc) is 2.91. The number of nitrogens with one attached hydrogen (secondary N) is 1. The molecule has 2 aliphatic rings. The second-order valence-electron chi connectivity index (χ2n) is 7.98. The Balaban J connectivity index is 1.58. The highest BCUT2D eigenvalue weighted by molar-refractivity contribution is 6.45. The van der Waals surface area contributed by atoms with Gasteiger partial charge in [-0.25, -0.2) is 9.69 Å². The number of imide groups is 2. The van der Waals surface area contributed by atoms with Gasteiger partial charge in [0.15, 0.2) is 0 Å². The summed E-state index contributed by atoms with van der Waals surface area (Å²) in [7, 11) is 0. The van der Waals surface area contributed by atoms with Gasteiger partial charge in [0.25, 0.3) is 0 Å². The number of amides is 5. The first-order chi connectivity index (χ1) is 13.9. The molecule has 1 aromatic carbocycles. The number of carbonyl (C=O) groups is 4. The van der Waals surface area contributed by atoms with Crippen LogP contribution in [0.3, 0.4) is 0 Å². The number of rotatable bonds is 6. The highest BCUT2D eigenvalue weighted by atomic mass is 16.2. The van der Waals surface area contributed by atoms with Crippen molar-refractivity contribution in [1.29, 1.82) is 0 Å². The lowest BCUT2D eigenvalue weighted by Gasteiger charge is -2.23. The van der Waals surface area contributed by atoms with Crippen LogP contribution in [0.4, 0.5) is 16.2 Å². The minimum atomic E-state index is -0.956. The molecule has 8 heteroatoms. The quantitative estimate of drug-likeness (QED) is 0.585. The van der Waals surface area contributed by atoms with E-state index in [0.717, 1.165) is 23.7 Å². The maximum Gasteiger partial charge on any atom is 0.334 e. The third-order valence-electron chi connectivity index (χ3n) is 5.11. The van der Waals surface area contributed by atoms with Crippen LogP contribution in [0.25, 0.3) is 0 Å². The van der Waals surface area contributed by atoms with E-state index < -0.39 is 30.3 Å². The van der Waals surface area contributed by atoms with Crippen LogP contribution in [0.2, 0.25) is 0 Å². The minimum Gasteiger partial charge on any atom is -0.372 e. The summed E-state index contributed by atoms with van der Waals surface area (Å²) in [5.74, 6) is -2.32. The number of hydrogen-bond acceptors (Lipinski definition) is 5. The van der Waals surface area contributed by atoms with Crippen molar-refractivity contribution < 1.29 is 19.2 Å². The second kappa shape index (κ2) is 9.07. The van der Waals surface area contributed by atoms with Crippen LogP contribution in [0.5, 0.6) is 0 Å². The first-order valence-corrected chi connectivity index (χ1v) is 10.2. The van der Waals surface area contributed by atoms with Gasteiger partial charge in [-0.15, -0.1) is 0 Å². The van der Waals surface area contributed by atoms with Crippen molar-refractivity contribution in [3.63, 3.8) is 0 Å². The molecule has 156 valence electrons.